The number of para-hydroxylation sites is 1. The van der Waals surface area contributed by atoms with Crippen molar-refractivity contribution in [2.24, 2.45) is 11.8 Å². The fraction of sp³-hybridized carbons (Fsp3) is 0.423. The summed E-state index contributed by atoms with van der Waals surface area (Å²) >= 11 is 0. The molecule has 0 bridgehead atoms. The van der Waals surface area contributed by atoms with Gasteiger partial charge in [-0.25, -0.2) is 13.2 Å². The number of benzene rings is 2. The summed E-state index contributed by atoms with van der Waals surface area (Å²) in [6, 6.07) is 4.81. The van der Waals surface area contributed by atoms with Crippen LogP contribution in [0, 0.1) is 29.3 Å². The van der Waals surface area contributed by atoms with Crippen LogP contribution >= 0.6 is 0 Å². The van der Waals surface area contributed by atoms with E-state index in [9.17, 15) is 27.6 Å². The lowest BCUT2D eigenvalue weighted by molar-refractivity contribution is -0.144. The van der Waals surface area contributed by atoms with Crippen LogP contribution in [-0.2, 0) is 20.8 Å². The molecule has 0 spiro atoms. The van der Waals surface area contributed by atoms with Crippen LogP contribution in [0.15, 0.2) is 36.4 Å². The van der Waals surface area contributed by atoms with E-state index in [1.165, 1.54) is 17.0 Å². The molecule has 0 saturated carbocycles. The van der Waals surface area contributed by atoms with Gasteiger partial charge in [0.1, 0.15) is 35.2 Å². The number of nitrogens with one attached hydrogen (secondary N) is 2. The number of anilines is 1. The Hall–Kier alpha value is -3.36. The van der Waals surface area contributed by atoms with Crippen molar-refractivity contribution < 1.29 is 27.6 Å². The smallest absolute Gasteiger partial charge is 0.251 e. The molecule has 188 valence electrons. The Morgan fingerprint density at radius 3 is 2.31 bits per heavy atom. The average Bonchev–Trinajstić information content (AvgIpc) is 2.82. The van der Waals surface area contributed by atoms with E-state index in [0.29, 0.717) is 18.4 Å². The Morgan fingerprint density at radius 1 is 1.06 bits per heavy atom. The van der Waals surface area contributed by atoms with Crippen LogP contribution in [0.25, 0.3) is 0 Å². The first-order valence-electron chi connectivity index (χ1n) is 11.7. The summed E-state index contributed by atoms with van der Waals surface area (Å²) in [6.45, 7) is 7.24. The Bertz CT molecular complexity index is 1100. The Kier molecular flexibility index (Phi) is 8.19. The number of rotatable bonds is 7. The summed E-state index contributed by atoms with van der Waals surface area (Å²) in [5.41, 5.74) is 0.225. The summed E-state index contributed by atoms with van der Waals surface area (Å²) in [5.74, 6) is -4.90. The zero-order chi connectivity index (χ0) is 25.9. The van der Waals surface area contributed by atoms with Crippen LogP contribution in [0.4, 0.5) is 18.9 Å². The largest absolute Gasteiger partial charge is 0.344 e. The number of nitrogens with zero attached hydrogens (tertiary/aromatic N) is 1. The third-order valence-corrected chi connectivity index (χ3v) is 6.37. The molecule has 1 aliphatic rings. The molecule has 0 aliphatic carbocycles. The molecule has 0 fully saturated rings. The molecule has 2 N–H and O–H groups in total. The zero-order valence-corrected chi connectivity index (χ0v) is 20.2. The molecule has 1 aliphatic heterocycles. The third-order valence-electron chi connectivity index (χ3n) is 6.37. The zero-order valence-electron chi connectivity index (χ0n) is 20.2. The molecule has 0 saturated heterocycles. The molecule has 3 amide bonds. The fourth-order valence-electron chi connectivity index (χ4n) is 4.09. The summed E-state index contributed by atoms with van der Waals surface area (Å²) in [6.07, 6.45) is 0.934. The topological polar surface area (TPSA) is 78.5 Å². The van der Waals surface area contributed by atoms with E-state index < -0.39 is 47.0 Å². The van der Waals surface area contributed by atoms with Crippen molar-refractivity contribution >= 4 is 23.4 Å². The molecule has 2 aromatic rings. The minimum absolute atomic E-state index is 0.109. The summed E-state index contributed by atoms with van der Waals surface area (Å²) in [4.78, 5) is 40.9. The number of hydrogen-bond acceptors (Lipinski definition) is 3. The monoisotopic (exact) mass is 489 g/mol. The van der Waals surface area contributed by atoms with Gasteiger partial charge in [-0.3, -0.25) is 14.4 Å². The van der Waals surface area contributed by atoms with Gasteiger partial charge in [-0.2, -0.15) is 0 Å². The van der Waals surface area contributed by atoms with Crippen LogP contribution in [0.3, 0.4) is 0 Å². The van der Waals surface area contributed by atoms with Gasteiger partial charge in [0.25, 0.3) is 5.91 Å². The highest BCUT2D eigenvalue weighted by Crippen LogP contribution is 2.33. The molecule has 3 atom stereocenters. The molecular formula is C26H30F3N3O3. The maximum Gasteiger partial charge on any atom is 0.251 e. The molecule has 0 unspecified atom stereocenters. The molecule has 9 heteroatoms. The van der Waals surface area contributed by atoms with Crippen molar-refractivity contribution in [2.75, 3.05) is 11.9 Å². The molecule has 0 radical (unpaired) electrons. The van der Waals surface area contributed by atoms with Crippen LogP contribution in [0.5, 0.6) is 0 Å². The van der Waals surface area contributed by atoms with Gasteiger partial charge < -0.3 is 15.5 Å². The molecule has 3 rings (SSSR count). The predicted molar refractivity (Wildman–Crippen MR) is 126 cm³/mol. The highest BCUT2D eigenvalue weighted by Gasteiger charge is 2.40. The van der Waals surface area contributed by atoms with E-state index in [4.69, 9.17) is 0 Å². The second-order valence-corrected chi connectivity index (χ2v) is 9.15. The summed E-state index contributed by atoms with van der Waals surface area (Å²) in [5, 5.41) is 5.01. The van der Waals surface area contributed by atoms with Crippen molar-refractivity contribution in [3.8, 4) is 0 Å². The van der Waals surface area contributed by atoms with Crippen molar-refractivity contribution in [3.05, 3.63) is 65.0 Å². The first-order chi connectivity index (χ1) is 16.5. The lowest BCUT2D eigenvalue weighted by atomic mass is 9.90. The van der Waals surface area contributed by atoms with Crippen LogP contribution in [0.1, 0.15) is 51.3 Å². The normalized spacial score (nSPS) is 16.9. The van der Waals surface area contributed by atoms with Crippen molar-refractivity contribution in [1.29, 1.82) is 0 Å². The number of amides is 3. The molecule has 2 aromatic carbocycles. The van der Waals surface area contributed by atoms with E-state index >= 15 is 0 Å². The maximum atomic E-state index is 14.2. The van der Waals surface area contributed by atoms with E-state index in [1.54, 1.807) is 20.8 Å². The second-order valence-electron chi connectivity index (χ2n) is 9.15. The van der Waals surface area contributed by atoms with Gasteiger partial charge in [0.05, 0.1) is 0 Å². The molecule has 6 nitrogen and oxygen atoms in total. The molecular weight excluding hydrogens is 459 g/mol. The van der Waals surface area contributed by atoms with E-state index in [1.807, 2.05) is 6.92 Å². The van der Waals surface area contributed by atoms with Crippen molar-refractivity contribution in [3.63, 3.8) is 0 Å². The minimum Gasteiger partial charge on any atom is -0.344 e. The van der Waals surface area contributed by atoms with Gasteiger partial charge in [0, 0.05) is 12.5 Å². The van der Waals surface area contributed by atoms with Gasteiger partial charge in [0.15, 0.2) is 0 Å². The lowest BCUT2D eigenvalue weighted by Crippen LogP contribution is -2.56. The second kappa shape index (κ2) is 10.9. The van der Waals surface area contributed by atoms with E-state index in [2.05, 4.69) is 10.6 Å². The fourth-order valence-corrected chi connectivity index (χ4v) is 4.09. The first-order valence-corrected chi connectivity index (χ1v) is 11.7. The Morgan fingerprint density at radius 2 is 1.71 bits per heavy atom. The maximum absolute atomic E-state index is 14.2. The highest BCUT2D eigenvalue weighted by atomic mass is 19.1. The molecule has 35 heavy (non-hydrogen) atoms. The SMILES string of the molecule is CC[C@@H](C)C(=O)N[C@H](C(=O)N1CCc2ccc(F)cc2[C@H]1C(=O)Nc1c(F)cccc1F)C(C)C. The van der Waals surface area contributed by atoms with Crippen LogP contribution in [-0.4, -0.2) is 35.2 Å². The van der Waals surface area contributed by atoms with E-state index in [0.717, 1.165) is 24.3 Å². The Labute approximate surface area is 202 Å². The summed E-state index contributed by atoms with van der Waals surface area (Å²) < 4.78 is 42.7. The van der Waals surface area contributed by atoms with Crippen molar-refractivity contribution in [1.82, 2.24) is 10.2 Å². The van der Waals surface area contributed by atoms with Gasteiger partial charge in [-0.05, 0) is 54.2 Å². The number of hydrogen-bond donors (Lipinski definition) is 2. The molecule has 0 aromatic heterocycles. The van der Waals surface area contributed by atoms with Crippen molar-refractivity contribution in [2.45, 2.75) is 52.6 Å². The number of fused-ring (bicyclic) bond motifs is 1. The van der Waals surface area contributed by atoms with Crippen LogP contribution < -0.4 is 10.6 Å². The quantitative estimate of drug-likeness (QED) is 0.607. The van der Waals surface area contributed by atoms with Crippen LogP contribution in [0.2, 0.25) is 0 Å². The van der Waals surface area contributed by atoms with Gasteiger partial charge in [0.2, 0.25) is 11.8 Å². The minimum atomic E-state index is -1.34. The average molecular weight is 490 g/mol. The lowest BCUT2D eigenvalue weighted by Gasteiger charge is -2.39. The van der Waals surface area contributed by atoms with E-state index in [-0.39, 0.29) is 29.9 Å². The number of carbonyl (C=O) groups excluding carboxylic acids is 3. The van der Waals surface area contributed by atoms with Gasteiger partial charge in [-0.1, -0.05) is 39.8 Å². The summed E-state index contributed by atoms with van der Waals surface area (Å²) in [7, 11) is 0. The number of carbonyl (C=O) groups is 3. The third kappa shape index (κ3) is 5.66. The standard InChI is InChI=1S/C26H30F3N3O3/c1-5-15(4)24(33)30-21(14(2)3)26(35)32-12-11-16-9-10-17(27)13-18(16)23(32)25(34)31-22-19(28)7-6-8-20(22)29/h6-10,13-15,21,23H,5,11-12H2,1-4H3,(H,30,33)(H,31,34)/t15-,21+,23+/m1/s1. The Balaban J connectivity index is 2.00. The highest BCUT2D eigenvalue weighted by molar-refractivity contribution is 6.00. The number of halogens is 3. The first kappa shape index (κ1) is 26.2. The van der Waals surface area contributed by atoms with Gasteiger partial charge in [-0.15, -0.1) is 0 Å². The predicted octanol–water partition coefficient (Wildman–Crippen LogP) is 4.36. The van der Waals surface area contributed by atoms with Gasteiger partial charge >= 0.3 is 0 Å². The molecule has 1 heterocycles.